The second kappa shape index (κ2) is 6.46. The summed E-state index contributed by atoms with van der Waals surface area (Å²) in [6.45, 7) is 2.73. The molecule has 3 aromatic rings. The summed E-state index contributed by atoms with van der Waals surface area (Å²) < 4.78 is 7.77. The van der Waals surface area contributed by atoms with Crippen molar-refractivity contribution in [3.8, 4) is 5.75 Å². The summed E-state index contributed by atoms with van der Waals surface area (Å²) in [6.07, 6.45) is 1.53. The molecule has 2 aromatic carbocycles. The van der Waals surface area contributed by atoms with Gasteiger partial charge in [-0.15, -0.1) is 11.3 Å². The summed E-state index contributed by atoms with van der Waals surface area (Å²) in [5.74, 6) is 0.755. The third-order valence-electron chi connectivity index (χ3n) is 3.68. The molecule has 0 unspecified atom stereocenters. The van der Waals surface area contributed by atoms with Crippen LogP contribution in [0.15, 0.2) is 41.2 Å². The van der Waals surface area contributed by atoms with Gasteiger partial charge in [0.25, 0.3) is 0 Å². The maximum Gasteiger partial charge on any atom is 0.196 e. The molecule has 0 spiro atoms. The third-order valence-corrected chi connectivity index (χ3v) is 4.82. The summed E-state index contributed by atoms with van der Waals surface area (Å²) in [5, 5.41) is 10.3. The van der Waals surface area contributed by atoms with Crippen molar-refractivity contribution in [2.24, 2.45) is 0 Å². The van der Waals surface area contributed by atoms with Gasteiger partial charge in [-0.1, -0.05) is 12.1 Å². The Balaban J connectivity index is 2.06. The molecule has 1 N–H and O–H groups in total. The summed E-state index contributed by atoms with van der Waals surface area (Å²) in [5.41, 5.74) is 1.09. The van der Waals surface area contributed by atoms with E-state index in [2.05, 4.69) is 0 Å². The first kappa shape index (κ1) is 15.0. The number of hydrogen-bond acceptors (Lipinski definition) is 4. The van der Waals surface area contributed by atoms with Crippen molar-refractivity contribution in [2.75, 3.05) is 13.2 Å². The molecular weight excluding hydrogens is 296 g/mol. The van der Waals surface area contributed by atoms with E-state index in [1.165, 1.54) is 0 Å². The molecular formula is C18H18O3S. The number of aliphatic hydroxyl groups is 1. The van der Waals surface area contributed by atoms with Crippen LogP contribution in [0.5, 0.6) is 5.75 Å². The largest absolute Gasteiger partial charge is 0.493 e. The van der Waals surface area contributed by atoms with E-state index >= 15 is 0 Å². The van der Waals surface area contributed by atoms with E-state index < -0.39 is 0 Å². The Morgan fingerprint density at radius 2 is 1.91 bits per heavy atom. The van der Waals surface area contributed by atoms with Crippen LogP contribution in [0.25, 0.3) is 20.2 Å². The number of benzene rings is 2. The highest BCUT2D eigenvalue weighted by molar-refractivity contribution is 7.24. The first-order valence-corrected chi connectivity index (χ1v) is 8.22. The van der Waals surface area contributed by atoms with Gasteiger partial charge in [0.15, 0.2) is 5.43 Å². The standard InChI is InChI=1S/C18H18O3S/c1-12-10-17-14(11-15(12)21-9-5-4-8-19)18(20)13-6-2-3-7-16(13)22-17/h2-3,6-7,10-11,19H,4-5,8-9H2,1H3. The smallest absolute Gasteiger partial charge is 0.196 e. The normalized spacial score (nSPS) is 11.2. The molecule has 1 heterocycles. The molecule has 3 rings (SSSR count). The quantitative estimate of drug-likeness (QED) is 0.574. The lowest BCUT2D eigenvalue weighted by Crippen LogP contribution is -2.04. The Morgan fingerprint density at radius 3 is 2.73 bits per heavy atom. The van der Waals surface area contributed by atoms with E-state index in [1.807, 2.05) is 43.3 Å². The summed E-state index contributed by atoms with van der Waals surface area (Å²) in [6, 6.07) is 11.6. The third kappa shape index (κ3) is 2.85. The fraction of sp³-hybridized carbons (Fsp3) is 0.278. The zero-order valence-electron chi connectivity index (χ0n) is 12.5. The average molecular weight is 314 g/mol. The van der Waals surface area contributed by atoms with Crippen LogP contribution >= 0.6 is 11.3 Å². The number of aliphatic hydroxyl groups excluding tert-OH is 1. The Labute approximate surface area is 132 Å². The highest BCUT2D eigenvalue weighted by Crippen LogP contribution is 2.30. The van der Waals surface area contributed by atoms with Crippen LogP contribution < -0.4 is 10.2 Å². The SMILES string of the molecule is Cc1cc2sc3ccccc3c(=O)c2cc1OCCCCO. The van der Waals surface area contributed by atoms with Crippen LogP contribution in [-0.2, 0) is 0 Å². The van der Waals surface area contributed by atoms with Crippen LogP contribution in [0.3, 0.4) is 0 Å². The number of hydrogen-bond donors (Lipinski definition) is 1. The van der Waals surface area contributed by atoms with E-state index in [4.69, 9.17) is 9.84 Å². The maximum absolute atomic E-state index is 12.6. The lowest BCUT2D eigenvalue weighted by Gasteiger charge is -2.10. The van der Waals surface area contributed by atoms with Crippen LogP contribution in [0, 0.1) is 6.92 Å². The molecule has 114 valence electrons. The minimum atomic E-state index is 0.0598. The topological polar surface area (TPSA) is 46.5 Å². The number of fused-ring (bicyclic) bond motifs is 2. The van der Waals surface area contributed by atoms with Crippen molar-refractivity contribution in [3.05, 3.63) is 52.2 Å². The Kier molecular flexibility index (Phi) is 4.41. The van der Waals surface area contributed by atoms with Crippen molar-refractivity contribution >= 4 is 31.5 Å². The molecule has 0 bridgehead atoms. The van der Waals surface area contributed by atoms with Gasteiger partial charge >= 0.3 is 0 Å². The lowest BCUT2D eigenvalue weighted by atomic mass is 10.1. The molecule has 0 atom stereocenters. The van der Waals surface area contributed by atoms with E-state index in [0.717, 1.165) is 38.9 Å². The molecule has 1 aromatic heterocycles. The predicted octanol–water partition coefficient (Wildman–Crippen LogP) is 3.87. The zero-order valence-corrected chi connectivity index (χ0v) is 13.3. The lowest BCUT2D eigenvalue weighted by molar-refractivity contribution is 0.252. The van der Waals surface area contributed by atoms with Crippen molar-refractivity contribution < 1.29 is 9.84 Å². The van der Waals surface area contributed by atoms with Gasteiger partial charge in [0.1, 0.15) is 5.75 Å². The summed E-state index contributed by atoms with van der Waals surface area (Å²) >= 11 is 1.63. The molecule has 0 fully saturated rings. The maximum atomic E-state index is 12.6. The van der Waals surface area contributed by atoms with Gasteiger partial charge in [-0.3, -0.25) is 4.79 Å². The van der Waals surface area contributed by atoms with E-state index in [0.29, 0.717) is 12.0 Å². The first-order chi connectivity index (χ1) is 10.7. The van der Waals surface area contributed by atoms with Gasteiger partial charge in [-0.25, -0.2) is 0 Å². The van der Waals surface area contributed by atoms with E-state index in [9.17, 15) is 4.79 Å². The van der Waals surface area contributed by atoms with Gasteiger partial charge in [0, 0.05) is 26.8 Å². The van der Waals surface area contributed by atoms with E-state index in [1.54, 1.807) is 11.3 Å². The monoisotopic (exact) mass is 314 g/mol. The second-order valence-corrected chi connectivity index (χ2v) is 6.40. The Hall–Kier alpha value is -1.91. The average Bonchev–Trinajstić information content (AvgIpc) is 2.52. The Bertz CT molecular complexity index is 867. The molecule has 0 radical (unpaired) electrons. The predicted molar refractivity (Wildman–Crippen MR) is 92.2 cm³/mol. The van der Waals surface area contributed by atoms with Crippen molar-refractivity contribution in [2.45, 2.75) is 19.8 Å². The van der Waals surface area contributed by atoms with Crippen LogP contribution in [0.4, 0.5) is 0 Å². The van der Waals surface area contributed by atoms with Gasteiger partial charge in [0.2, 0.25) is 0 Å². The van der Waals surface area contributed by atoms with Gasteiger partial charge < -0.3 is 9.84 Å². The van der Waals surface area contributed by atoms with E-state index in [-0.39, 0.29) is 12.0 Å². The van der Waals surface area contributed by atoms with Crippen LogP contribution in [-0.4, -0.2) is 18.3 Å². The number of rotatable bonds is 5. The highest BCUT2D eigenvalue weighted by atomic mass is 32.1. The minimum absolute atomic E-state index is 0.0598. The van der Waals surface area contributed by atoms with Crippen LogP contribution in [0.2, 0.25) is 0 Å². The molecule has 0 saturated carbocycles. The Morgan fingerprint density at radius 1 is 1.09 bits per heavy atom. The number of ether oxygens (including phenoxy) is 1. The van der Waals surface area contributed by atoms with Gasteiger partial charge in [-0.2, -0.15) is 0 Å². The second-order valence-electron chi connectivity index (χ2n) is 5.32. The van der Waals surface area contributed by atoms with Crippen molar-refractivity contribution in [1.82, 2.24) is 0 Å². The molecule has 4 heteroatoms. The molecule has 0 aliphatic heterocycles. The molecule has 22 heavy (non-hydrogen) atoms. The molecule has 0 amide bonds. The molecule has 0 saturated heterocycles. The fourth-order valence-corrected chi connectivity index (χ4v) is 3.63. The van der Waals surface area contributed by atoms with Gasteiger partial charge in [-0.05, 0) is 49.6 Å². The van der Waals surface area contributed by atoms with Gasteiger partial charge in [0.05, 0.1) is 6.61 Å². The highest BCUT2D eigenvalue weighted by Gasteiger charge is 2.09. The van der Waals surface area contributed by atoms with Crippen molar-refractivity contribution in [1.29, 1.82) is 0 Å². The molecule has 0 aliphatic rings. The zero-order chi connectivity index (χ0) is 15.5. The first-order valence-electron chi connectivity index (χ1n) is 7.40. The summed E-state index contributed by atoms with van der Waals surface area (Å²) in [4.78, 5) is 12.6. The molecule has 3 nitrogen and oxygen atoms in total. The summed E-state index contributed by atoms with van der Waals surface area (Å²) in [7, 11) is 0. The van der Waals surface area contributed by atoms with Crippen LogP contribution in [0.1, 0.15) is 18.4 Å². The number of aryl methyl sites for hydroxylation is 1. The fourth-order valence-electron chi connectivity index (χ4n) is 2.48. The number of unbranched alkanes of at least 4 members (excludes halogenated alkanes) is 1. The van der Waals surface area contributed by atoms with Crippen molar-refractivity contribution in [3.63, 3.8) is 0 Å². The molecule has 0 aliphatic carbocycles. The minimum Gasteiger partial charge on any atom is -0.493 e.